The van der Waals surface area contributed by atoms with Crippen LogP contribution in [0.15, 0.2) is 18.2 Å². The number of carbonyl (C=O) groups is 1. The number of aryl methyl sites for hydroxylation is 1. The molecule has 1 saturated heterocycles. The molecule has 3 nitrogen and oxygen atoms in total. The predicted molar refractivity (Wildman–Crippen MR) is 75.5 cm³/mol. The zero-order valence-corrected chi connectivity index (χ0v) is 12.4. The van der Waals surface area contributed by atoms with E-state index in [0.29, 0.717) is 17.2 Å². The van der Waals surface area contributed by atoms with E-state index in [0.717, 1.165) is 30.4 Å². The van der Waals surface area contributed by atoms with E-state index in [1.54, 1.807) is 7.11 Å². The maximum Gasteiger partial charge on any atom is 0.257 e. The molecule has 1 aromatic carbocycles. The summed E-state index contributed by atoms with van der Waals surface area (Å²) in [5.41, 5.74) is 1.75. The second-order valence-electron chi connectivity index (χ2n) is 4.76. The van der Waals surface area contributed by atoms with E-state index in [-0.39, 0.29) is 5.91 Å². The molecule has 1 amide bonds. The normalized spacial score (nSPS) is 19.1. The summed E-state index contributed by atoms with van der Waals surface area (Å²) in [7, 11) is 1.60. The van der Waals surface area contributed by atoms with Crippen LogP contribution in [0.25, 0.3) is 0 Å². The Balaban J connectivity index is 2.21. The highest BCUT2D eigenvalue weighted by Gasteiger charge is 2.27. The molecule has 2 rings (SSSR count). The number of hydrogen-bond acceptors (Lipinski definition) is 2. The van der Waals surface area contributed by atoms with Crippen LogP contribution >= 0.6 is 15.9 Å². The van der Waals surface area contributed by atoms with E-state index in [1.807, 2.05) is 30.0 Å². The molecule has 1 fully saturated rings. The minimum Gasteiger partial charge on any atom is -0.496 e. The standard InChI is InChI=1S/C14H18BrNO2/c1-10-3-4-13(18-2)12(7-10)14(17)16-6-5-11(8-15)9-16/h3-4,7,11H,5-6,8-9H2,1-2H3. The molecule has 4 heteroatoms. The molecular weight excluding hydrogens is 294 g/mol. The van der Waals surface area contributed by atoms with Gasteiger partial charge >= 0.3 is 0 Å². The Hall–Kier alpha value is -1.03. The lowest BCUT2D eigenvalue weighted by molar-refractivity contribution is 0.0785. The number of hydrogen-bond donors (Lipinski definition) is 0. The Morgan fingerprint density at radius 1 is 1.56 bits per heavy atom. The highest BCUT2D eigenvalue weighted by molar-refractivity contribution is 9.09. The van der Waals surface area contributed by atoms with Crippen LogP contribution in [0, 0.1) is 12.8 Å². The zero-order chi connectivity index (χ0) is 13.1. The van der Waals surface area contributed by atoms with Crippen LogP contribution in [0.2, 0.25) is 0 Å². The van der Waals surface area contributed by atoms with Crippen molar-refractivity contribution in [2.24, 2.45) is 5.92 Å². The Kier molecular flexibility index (Phi) is 4.27. The van der Waals surface area contributed by atoms with Crippen molar-refractivity contribution in [1.29, 1.82) is 0 Å². The molecule has 0 aromatic heterocycles. The van der Waals surface area contributed by atoms with Crippen molar-refractivity contribution in [3.05, 3.63) is 29.3 Å². The van der Waals surface area contributed by atoms with Gasteiger partial charge in [0, 0.05) is 18.4 Å². The molecule has 0 saturated carbocycles. The quantitative estimate of drug-likeness (QED) is 0.803. The molecule has 1 atom stereocenters. The number of rotatable bonds is 3. The number of nitrogens with zero attached hydrogens (tertiary/aromatic N) is 1. The van der Waals surface area contributed by atoms with Gasteiger partial charge in [-0.15, -0.1) is 0 Å². The van der Waals surface area contributed by atoms with Crippen molar-refractivity contribution < 1.29 is 9.53 Å². The number of alkyl halides is 1. The average molecular weight is 312 g/mol. The molecule has 1 aliphatic heterocycles. The second kappa shape index (κ2) is 5.74. The number of carbonyl (C=O) groups excluding carboxylic acids is 1. The van der Waals surface area contributed by atoms with Gasteiger partial charge in [-0.05, 0) is 31.4 Å². The lowest BCUT2D eigenvalue weighted by Gasteiger charge is -2.18. The first-order valence-electron chi connectivity index (χ1n) is 6.15. The molecule has 98 valence electrons. The van der Waals surface area contributed by atoms with E-state index in [9.17, 15) is 4.79 Å². The molecule has 1 aliphatic rings. The monoisotopic (exact) mass is 311 g/mol. The average Bonchev–Trinajstić information content (AvgIpc) is 2.86. The Morgan fingerprint density at radius 2 is 2.33 bits per heavy atom. The lowest BCUT2D eigenvalue weighted by atomic mass is 10.1. The maximum atomic E-state index is 12.5. The second-order valence-corrected chi connectivity index (χ2v) is 5.41. The summed E-state index contributed by atoms with van der Waals surface area (Å²) in [5.74, 6) is 1.32. The van der Waals surface area contributed by atoms with E-state index >= 15 is 0 Å². The fourth-order valence-electron chi connectivity index (χ4n) is 2.30. The Bertz CT molecular complexity index is 447. The molecule has 1 heterocycles. The van der Waals surface area contributed by atoms with Crippen LogP contribution in [-0.4, -0.2) is 36.3 Å². The van der Waals surface area contributed by atoms with Crippen LogP contribution in [-0.2, 0) is 0 Å². The zero-order valence-electron chi connectivity index (χ0n) is 10.8. The molecule has 0 aliphatic carbocycles. The van der Waals surface area contributed by atoms with E-state index in [2.05, 4.69) is 15.9 Å². The van der Waals surface area contributed by atoms with Crippen molar-refractivity contribution in [3.8, 4) is 5.75 Å². The maximum absolute atomic E-state index is 12.5. The minimum absolute atomic E-state index is 0.0824. The molecule has 0 spiro atoms. The van der Waals surface area contributed by atoms with Crippen molar-refractivity contribution in [2.75, 3.05) is 25.5 Å². The lowest BCUT2D eigenvalue weighted by Crippen LogP contribution is -2.29. The fourth-order valence-corrected chi connectivity index (χ4v) is 2.83. The molecular formula is C14H18BrNO2. The molecule has 0 N–H and O–H groups in total. The minimum atomic E-state index is 0.0824. The highest BCUT2D eigenvalue weighted by Crippen LogP contribution is 2.25. The van der Waals surface area contributed by atoms with Crippen molar-refractivity contribution in [2.45, 2.75) is 13.3 Å². The van der Waals surface area contributed by atoms with Gasteiger partial charge in [0.15, 0.2) is 0 Å². The summed E-state index contributed by atoms with van der Waals surface area (Å²) in [6.07, 6.45) is 1.07. The van der Waals surface area contributed by atoms with Gasteiger partial charge in [0.05, 0.1) is 12.7 Å². The van der Waals surface area contributed by atoms with E-state index < -0.39 is 0 Å². The number of methoxy groups -OCH3 is 1. The van der Waals surface area contributed by atoms with Gasteiger partial charge in [-0.1, -0.05) is 27.6 Å². The van der Waals surface area contributed by atoms with Gasteiger partial charge < -0.3 is 9.64 Å². The first kappa shape index (κ1) is 13.4. The third-order valence-electron chi connectivity index (χ3n) is 3.38. The van der Waals surface area contributed by atoms with E-state index in [1.165, 1.54) is 0 Å². The SMILES string of the molecule is COc1ccc(C)cc1C(=O)N1CCC(CBr)C1. The van der Waals surface area contributed by atoms with Gasteiger partial charge in [0.25, 0.3) is 5.91 Å². The fraction of sp³-hybridized carbons (Fsp3) is 0.500. The summed E-state index contributed by atoms with van der Waals surface area (Å²) in [4.78, 5) is 14.4. The Labute approximate surface area is 116 Å². The molecule has 1 unspecified atom stereocenters. The van der Waals surface area contributed by atoms with Crippen LogP contribution in [0.5, 0.6) is 5.75 Å². The summed E-state index contributed by atoms with van der Waals surface area (Å²) in [6.45, 7) is 3.66. The molecule has 0 bridgehead atoms. The summed E-state index contributed by atoms with van der Waals surface area (Å²) < 4.78 is 5.28. The van der Waals surface area contributed by atoms with Crippen LogP contribution < -0.4 is 4.74 Å². The van der Waals surface area contributed by atoms with Gasteiger partial charge in [0.2, 0.25) is 0 Å². The summed E-state index contributed by atoms with van der Waals surface area (Å²) in [5, 5.41) is 0.960. The van der Waals surface area contributed by atoms with Crippen LogP contribution in [0.1, 0.15) is 22.3 Å². The van der Waals surface area contributed by atoms with Crippen molar-refractivity contribution in [3.63, 3.8) is 0 Å². The highest BCUT2D eigenvalue weighted by atomic mass is 79.9. The number of ether oxygens (including phenoxy) is 1. The smallest absolute Gasteiger partial charge is 0.257 e. The Morgan fingerprint density at radius 3 is 2.94 bits per heavy atom. The van der Waals surface area contributed by atoms with Gasteiger partial charge in [0.1, 0.15) is 5.75 Å². The molecule has 0 radical (unpaired) electrons. The third kappa shape index (κ3) is 2.69. The van der Waals surface area contributed by atoms with Crippen LogP contribution in [0.3, 0.4) is 0 Å². The third-order valence-corrected chi connectivity index (χ3v) is 4.29. The first-order valence-corrected chi connectivity index (χ1v) is 7.27. The topological polar surface area (TPSA) is 29.5 Å². The van der Waals surface area contributed by atoms with Gasteiger partial charge in [-0.2, -0.15) is 0 Å². The van der Waals surface area contributed by atoms with Gasteiger partial charge in [-0.3, -0.25) is 4.79 Å². The largest absolute Gasteiger partial charge is 0.496 e. The summed E-state index contributed by atoms with van der Waals surface area (Å²) in [6, 6.07) is 5.73. The number of likely N-dealkylation sites (tertiary alicyclic amines) is 1. The van der Waals surface area contributed by atoms with E-state index in [4.69, 9.17) is 4.74 Å². The number of halogens is 1. The first-order chi connectivity index (χ1) is 8.65. The van der Waals surface area contributed by atoms with Gasteiger partial charge in [-0.25, -0.2) is 0 Å². The number of benzene rings is 1. The predicted octanol–water partition coefficient (Wildman–Crippen LogP) is 2.86. The van der Waals surface area contributed by atoms with Crippen LogP contribution in [0.4, 0.5) is 0 Å². The van der Waals surface area contributed by atoms with Crippen molar-refractivity contribution >= 4 is 21.8 Å². The molecule has 1 aromatic rings. The number of amides is 1. The summed E-state index contributed by atoms with van der Waals surface area (Å²) >= 11 is 3.49. The molecule has 18 heavy (non-hydrogen) atoms. The van der Waals surface area contributed by atoms with Crippen molar-refractivity contribution in [1.82, 2.24) is 4.90 Å².